The van der Waals surface area contributed by atoms with Gasteiger partial charge >= 0.3 is 0 Å². The summed E-state index contributed by atoms with van der Waals surface area (Å²) in [6.45, 7) is 18.3. The van der Waals surface area contributed by atoms with Crippen molar-refractivity contribution in [2.45, 2.75) is 47.6 Å². The summed E-state index contributed by atoms with van der Waals surface area (Å²) in [7, 11) is 0. The van der Waals surface area contributed by atoms with E-state index < -0.39 is 0 Å². The lowest BCUT2D eigenvalue weighted by atomic mass is 9.86. The predicted molar refractivity (Wildman–Crippen MR) is 97.5 cm³/mol. The highest BCUT2D eigenvalue weighted by Gasteiger charge is 2.23. The highest BCUT2D eigenvalue weighted by atomic mass is 35.5. The third-order valence-electron chi connectivity index (χ3n) is 5.18. The van der Waals surface area contributed by atoms with Gasteiger partial charge in [-0.2, -0.15) is 0 Å². The van der Waals surface area contributed by atoms with Crippen LogP contribution in [-0.2, 0) is 0 Å². The molecule has 1 aliphatic heterocycles. The molecule has 0 spiro atoms. The number of hydrogen-bond donors (Lipinski definition) is 1. The highest BCUT2D eigenvalue weighted by Crippen LogP contribution is 2.33. The van der Waals surface area contributed by atoms with Crippen LogP contribution < -0.4 is 5.32 Å². The van der Waals surface area contributed by atoms with Crippen molar-refractivity contribution in [3.8, 4) is 0 Å². The van der Waals surface area contributed by atoms with Crippen molar-refractivity contribution in [3.63, 3.8) is 0 Å². The Bertz CT molecular complexity index is 451. The van der Waals surface area contributed by atoms with E-state index in [2.05, 4.69) is 51.8 Å². The minimum atomic E-state index is 0. The average molecular weight is 333 g/mol. The molecule has 1 aromatic carbocycles. The molecule has 2 rings (SSSR count). The second-order valence-corrected chi connectivity index (χ2v) is 6.00. The largest absolute Gasteiger partial charge is 0.314 e. The summed E-state index contributed by atoms with van der Waals surface area (Å²) in [5.41, 5.74) is 8.95. The van der Waals surface area contributed by atoms with E-state index in [9.17, 15) is 0 Å². The molecule has 21 heavy (non-hydrogen) atoms. The summed E-state index contributed by atoms with van der Waals surface area (Å²) in [5, 5.41) is 3.44. The topological polar surface area (TPSA) is 15.3 Å². The molecular weight excluding hydrogens is 303 g/mol. The molecule has 1 aliphatic rings. The summed E-state index contributed by atoms with van der Waals surface area (Å²) >= 11 is 0. The van der Waals surface area contributed by atoms with E-state index in [1.165, 1.54) is 27.8 Å². The van der Waals surface area contributed by atoms with Crippen LogP contribution in [0.1, 0.15) is 46.3 Å². The number of benzene rings is 1. The van der Waals surface area contributed by atoms with E-state index >= 15 is 0 Å². The Morgan fingerprint density at radius 2 is 1.14 bits per heavy atom. The SMILES string of the molecule is Cc1c(C)c(C)c([C@@H](C)N2CCNCC2)c(C)c1C.Cl.Cl. The maximum absolute atomic E-state index is 3.44. The van der Waals surface area contributed by atoms with Gasteiger partial charge in [0.25, 0.3) is 0 Å². The Hall–Kier alpha value is -0.280. The van der Waals surface area contributed by atoms with Gasteiger partial charge in [0.15, 0.2) is 0 Å². The smallest absolute Gasteiger partial charge is 0.0326 e. The third kappa shape index (κ3) is 3.92. The van der Waals surface area contributed by atoms with Gasteiger partial charge in [0.05, 0.1) is 0 Å². The number of rotatable bonds is 2. The number of nitrogens with one attached hydrogen (secondary N) is 1. The molecule has 1 N–H and O–H groups in total. The minimum Gasteiger partial charge on any atom is -0.314 e. The molecule has 0 aromatic heterocycles. The fourth-order valence-electron chi connectivity index (χ4n) is 3.41. The average Bonchev–Trinajstić information content (AvgIpc) is 2.44. The molecule has 2 nitrogen and oxygen atoms in total. The van der Waals surface area contributed by atoms with E-state index in [0.29, 0.717) is 6.04 Å². The molecular formula is C17H30Cl2N2. The fourth-order valence-corrected chi connectivity index (χ4v) is 3.41. The Kier molecular flexibility index (Phi) is 8.27. The first-order valence-corrected chi connectivity index (χ1v) is 7.46. The lowest BCUT2D eigenvalue weighted by molar-refractivity contribution is 0.184. The molecule has 0 unspecified atom stereocenters. The van der Waals surface area contributed by atoms with E-state index in [-0.39, 0.29) is 24.8 Å². The van der Waals surface area contributed by atoms with Crippen molar-refractivity contribution in [3.05, 3.63) is 33.4 Å². The first kappa shape index (κ1) is 20.7. The molecule has 122 valence electrons. The van der Waals surface area contributed by atoms with Gasteiger partial charge in [-0.05, 0) is 74.9 Å². The summed E-state index contributed by atoms with van der Waals surface area (Å²) < 4.78 is 0. The molecule has 0 radical (unpaired) electrons. The number of piperazine rings is 1. The van der Waals surface area contributed by atoms with Crippen LogP contribution in [0.5, 0.6) is 0 Å². The van der Waals surface area contributed by atoms with Gasteiger partial charge in [-0.25, -0.2) is 0 Å². The molecule has 1 heterocycles. The molecule has 1 aromatic rings. The van der Waals surface area contributed by atoms with E-state index in [0.717, 1.165) is 26.2 Å². The maximum Gasteiger partial charge on any atom is 0.0326 e. The molecule has 1 atom stereocenters. The summed E-state index contributed by atoms with van der Waals surface area (Å²) in [5.74, 6) is 0. The van der Waals surface area contributed by atoms with Crippen LogP contribution in [0.2, 0.25) is 0 Å². The predicted octanol–water partition coefficient (Wildman–Crippen LogP) is 4.04. The van der Waals surface area contributed by atoms with E-state index in [1.54, 1.807) is 5.56 Å². The Labute approximate surface area is 142 Å². The van der Waals surface area contributed by atoms with Crippen LogP contribution in [-0.4, -0.2) is 31.1 Å². The van der Waals surface area contributed by atoms with Crippen molar-refractivity contribution in [2.75, 3.05) is 26.2 Å². The first-order valence-electron chi connectivity index (χ1n) is 7.46. The molecule has 0 amide bonds. The summed E-state index contributed by atoms with van der Waals surface area (Å²) in [4.78, 5) is 2.61. The zero-order valence-electron chi connectivity index (χ0n) is 14.2. The molecule has 1 saturated heterocycles. The van der Waals surface area contributed by atoms with Crippen LogP contribution in [0, 0.1) is 34.6 Å². The number of hydrogen-bond acceptors (Lipinski definition) is 2. The second kappa shape index (κ2) is 8.38. The first-order chi connectivity index (χ1) is 8.95. The summed E-state index contributed by atoms with van der Waals surface area (Å²) in [6.07, 6.45) is 0. The number of halogens is 2. The Morgan fingerprint density at radius 1 is 0.762 bits per heavy atom. The highest BCUT2D eigenvalue weighted by molar-refractivity contribution is 5.85. The summed E-state index contributed by atoms with van der Waals surface area (Å²) in [6, 6.07) is 0.528. The van der Waals surface area contributed by atoms with Crippen LogP contribution in [0.4, 0.5) is 0 Å². The maximum atomic E-state index is 3.44. The van der Waals surface area contributed by atoms with Crippen molar-refractivity contribution in [1.82, 2.24) is 10.2 Å². The Balaban J connectivity index is 0.00000200. The lowest BCUT2D eigenvalue weighted by Crippen LogP contribution is -2.44. The van der Waals surface area contributed by atoms with Crippen LogP contribution in [0.25, 0.3) is 0 Å². The van der Waals surface area contributed by atoms with Gasteiger partial charge in [-0.3, -0.25) is 4.90 Å². The van der Waals surface area contributed by atoms with Crippen molar-refractivity contribution < 1.29 is 0 Å². The lowest BCUT2D eigenvalue weighted by Gasteiger charge is -2.35. The number of nitrogens with zero attached hydrogens (tertiary/aromatic N) is 1. The Morgan fingerprint density at radius 3 is 1.57 bits per heavy atom. The van der Waals surface area contributed by atoms with Gasteiger partial charge in [0.2, 0.25) is 0 Å². The van der Waals surface area contributed by atoms with Crippen molar-refractivity contribution in [1.29, 1.82) is 0 Å². The van der Waals surface area contributed by atoms with E-state index in [4.69, 9.17) is 0 Å². The van der Waals surface area contributed by atoms with Crippen molar-refractivity contribution in [2.24, 2.45) is 0 Å². The molecule has 4 heteroatoms. The van der Waals surface area contributed by atoms with Gasteiger partial charge in [0, 0.05) is 32.2 Å². The third-order valence-corrected chi connectivity index (χ3v) is 5.18. The van der Waals surface area contributed by atoms with Crippen LogP contribution in [0.3, 0.4) is 0 Å². The standard InChI is InChI=1S/C17H28N2.2ClH/c1-11-12(2)14(4)17(15(5)13(11)3)16(6)19-9-7-18-8-10-19;;/h16,18H,7-10H2,1-6H3;2*1H/t16-;;/m1../s1. The van der Waals surface area contributed by atoms with Crippen molar-refractivity contribution >= 4 is 24.8 Å². The molecule has 1 fully saturated rings. The molecule has 0 aliphatic carbocycles. The zero-order valence-corrected chi connectivity index (χ0v) is 15.8. The normalized spacial score (nSPS) is 16.9. The van der Waals surface area contributed by atoms with Gasteiger partial charge < -0.3 is 5.32 Å². The minimum absolute atomic E-state index is 0. The van der Waals surface area contributed by atoms with Gasteiger partial charge in [-0.15, -0.1) is 24.8 Å². The molecule has 0 saturated carbocycles. The monoisotopic (exact) mass is 332 g/mol. The quantitative estimate of drug-likeness (QED) is 0.879. The fraction of sp³-hybridized carbons (Fsp3) is 0.647. The van der Waals surface area contributed by atoms with Crippen LogP contribution >= 0.6 is 24.8 Å². The van der Waals surface area contributed by atoms with E-state index in [1.807, 2.05) is 0 Å². The zero-order chi connectivity index (χ0) is 14.2. The second-order valence-electron chi connectivity index (χ2n) is 6.00. The van der Waals surface area contributed by atoms with Gasteiger partial charge in [-0.1, -0.05) is 0 Å². The molecule has 0 bridgehead atoms. The van der Waals surface area contributed by atoms with Crippen LogP contribution in [0.15, 0.2) is 0 Å². The van der Waals surface area contributed by atoms with Gasteiger partial charge in [0.1, 0.15) is 0 Å².